The maximum absolute atomic E-state index is 6.42. The quantitative estimate of drug-likeness (QED) is 0.863. The van der Waals surface area contributed by atoms with Crippen molar-refractivity contribution in [2.24, 2.45) is 0 Å². The molecular formula is C18H29NO. The summed E-state index contributed by atoms with van der Waals surface area (Å²) in [7, 11) is 0. The number of ether oxygens (including phenoxy) is 1. The van der Waals surface area contributed by atoms with E-state index in [1.54, 1.807) is 0 Å². The molecule has 1 saturated carbocycles. The van der Waals surface area contributed by atoms with Crippen molar-refractivity contribution in [1.29, 1.82) is 0 Å². The van der Waals surface area contributed by atoms with Crippen LogP contribution >= 0.6 is 0 Å². The normalized spacial score (nSPS) is 23.9. The molecule has 0 aliphatic heterocycles. The van der Waals surface area contributed by atoms with E-state index in [4.69, 9.17) is 4.74 Å². The van der Waals surface area contributed by atoms with Crippen molar-refractivity contribution in [3.05, 3.63) is 29.8 Å². The molecular weight excluding hydrogens is 246 g/mol. The number of para-hydroxylation sites is 1. The average molecular weight is 275 g/mol. The van der Waals surface area contributed by atoms with Gasteiger partial charge < -0.3 is 10.1 Å². The van der Waals surface area contributed by atoms with Gasteiger partial charge in [-0.3, -0.25) is 0 Å². The van der Waals surface area contributed by atoms with Crippen molar-refractivity contribution in [2.75, 3.05) is 6.54 Å². The van der Waals surface area contributed by atoms with Gasteiger partial charge in [0.15, 0.2) is 0 Å². The van der Waals surface area contributed by atoms with Gasteiger partial charge in [-0.05, 0) is 43.9 Å². The summed E-state index contributed by atoms with van der Waals surface area (Å²) < 4.78 is 6.42. The zero-order valence-electron chi connectivity index (χ0n) is 13.0. The van der Waals surface area contributed by atoms with Gasteiger partial charge in [-0.25, -0.2) is 0 Å². The number of nitrogens with one attached hydrogen (secondary N) is 1. The number of rotatable bonds is 5. The Bertz CT molecular complexity index is 391. The number of likely N-dealkylation sites (N-methyl/N-ethyl adjacent to an activating group) is 1. The third-order valence-electron chi connectivity index (χ3n) is 4.30. The number of aryl methyl sites for hydroxylation is 1. The molecule has 1 aromatic carbocycles. The van der Waals surface area contributed by atoms with Gasteiger partial charge >= 0.3 is 0 Å². The molecule has 1 aliphatic rings. The van der Waals surface area contributed by atoms with Crippen LogP contribution in [-0.4, -0.2) is 18.7 Å². The van der Waals surface area contributed by atoms with Crippen molar-refractivity contribution in [3.8, 4) is 5.75 Å². The lowest BCUT2D eigenvalue weighted by Crippen LogP contribution is -2.43. The van der Waals surface area contributed by atoms with Gasteiger partial charge in [-0.15, -0.1) is 0 Å². The first-order valence-corrected chi connectivity index (χ1v) is 8.33. The van der Waals surface area contributed by atoms with Gasteiger partial charge in [0.2, 0.25) is 0 Å². The van der Waals surface area contributed by atoms with E-state index in [-0.39, 0.29) is 0 Å². The zero-order chi connectivity index (χ0) is 14.2. The van der Waals surface area contributed by atoms with E-state index in [9.17, 15) is 0 Å². The highest BCUT2D eigenvalue weighted by Gasteiger charge is 2.24. The van der Waals surface area contributed by atoms with Crippen LogP contribution < -0.4 is 10.1 Å². The van der Waals surface area contributed by atoms with Crippen molar-refractivity contribution < 1.29 is 4.74 Å². The largest absolute Gasteiger partial charge is 0.489 e. The van der Waals surface area contributed by atoms with Crippen LogP contribution in [0.3, 0.4) is 0 Å². The number of hydrogen-bond acceptors (Lipinski definition) is 2. The summed E-state index contributed by atoms with van der Waals surface area (Å²) >= 11 is 0. The van der Waals surface area contributed by atoms with Crippen LogP contribution in [0.2, 0.25) is 0 Å². The predicted octanol–water partition coefficient (Wildman–Crippen LogP) is 4.33. The SMILES string of the molecule is CCNC1CCCCCCC1Oc1ccccc1CC. The highest BCUT2D eigenvalue weighted by molar-refractivity contribution is 5.33. The molecule has 1 aromatic rings. The Hall–Kier alpha value is -1.02. The number of benzene rings is 1. The van der Waals surface area contributed by atoms with Crippen LogP contribution in [0.4, 0.5) is 0 Å². The minimum absolute atomic E-state index is 0.322. The summed E-state index contributed by atoms with van der Waals surface area (Å²) in [6, 6.07) is 9.00. The summed E-state index contributed by atoms with van der Waals surface area (Å²) in [6.07, 6.45) is 9.13. The fraction of sp³-hybridized carbons (Fsp3) is 0.667. The summed E-state index contributed by atoms with van der Waals surface area (Å²) in [5.74, 6) is 1.09. The minimum Gasteiger partial charge on any atom is -0.489 e. The Morgan fingerprint density at radius 2 is 1.80 bits per heavy atom. The smallest absolute Gasteiger partial charge is 0.122 e. The van der Waals surface area contributed by atoms with Gasteiger partial charge in [0.05, 0.1) is 0 Å². The van der Waals surface area contributed by atoms with Crippen LogP contribution in [0.25, 0.3) is 0 Å². The van der Waals surface area contributed by atoms with Crippen molar-refractivity contribution >= 4 is 0 Å². The fourth-order valence-corrected chi connectivity index (χ4v) is 3.16. The van der Waals surface area contributed by atoms with Crippen LogP contribution in [0.5, 0.6) is 5.75 Å². The van der Waals surface area contributed by atoms with E-state index >= 15 is 0 Å². The predicted molar refractivity (Wildman–Crippen MR) is 85.4 cm³/mol. The first kappa shape index (κ1) is 15.4. The van der Waals surface area contributed by atoms with Gasteiger partial charge in [0.1, 0.15) is 11.9 Å². The molecule has 0 bridgehead atoms. The molecule has 1 fully saturated rings. The van der Waals surface area contributed by atoms with Gasteiger partial charge in [0.25, 0.3) is 0 Å². The molecule has 2 heteroatoms. The fourth-order valence-electron chi connectivity index (χ4n) is 3.16. The summed E-state index contributed by atoms with van der Waals surface area (Å²) in [6.45, 7) is 5.41. The molecule has 2 unspecified atom stereocenters. The van der Waals surface area contributed by atoms with E-state index in [0.29, 0.717) is 12.1 Å². The second-order valence-corrected chi connectivity index (χ2v) is 5.77. The van der Waals surface area contributed by atoms with Crippen molar-refractivity contribution in [1.82, 2.24) is 5.32 Å². The van der Waals surface area contributed by atoms with Crippen molar-refractivity contribution in [3.63, 3.8) is 0 Å². The first-order chi connectivity index (χ1) is 9.85. The topological polar surface area (TPSA) is 21.3 Å². The molecule has 0 saturated heterocycles. The van der Waals surface area contributed by atoms with E-state index in [1.165, 1.54) is 44.1 Å². The summed E-state index contributed by atoms with van der Waals surface area (Å²) in [5.41, 5.74) is 1.32. The summed E-state index contributed by atoms with van der Waals surface area (Å²) in [4.78, 5) is 0. The van der Waals surface area contributed by atoms with Crippen molar-refractivity contribution in [2.45, 2.75) is 70.9 Å². The molecule has 1 aliphatic carbocycles. The highest BCUT2D eigenvalue weighted by atomic mass is 16.5. The van der Waals surface area contributed by atoms with E-state index in [2.05, 4.69) is 43.4 Å². The monoisotopic (exact) mass is 275 g/mol. The van der Waals surface area contributed by atoms with Gasteiger partial charge in [-0.1, -0.05) is 51.3 Å². The Kier molecular flexibility index (Phi) is 6.38. The van der Waals surface area contributed by atoms with Crippen LogP contribution in [-0.2, 0) is 6.42 Å². The van der Waals surface area contributed by atoms with E-state index < -0.39 is 0 Å². The Balaban J connectivity index is 2.09. The molecule has 0 heterocycles. The third-order valence-corrected chi connectivity index (χ3v) is 4.30. The Morgan fingerprint density at radius 1 is 1.05 bits per heavy atom. The lowest BCUT2D eigenvalue weighted by molar-refractivity contribution is 0.127. The molecule has 0 spiro atoms. The van der Waals surface area contributed by atoms with Gasteiger partial charge in [0, 0.05) is 6.04 Å². The van der Waals surface area contributed by atoms with Crippen LogP contribution in [0.15, 0.2) is 24.3 Å². The second kappa shape index (κ2) is 8.31. The molecule has 0 radical (unpaired) electrons. The molecule has 1 N–H and O–H groups in total. The van der Waals surface area contributed by atoms with Gasteiger partial charge in [-0.2, -0.15) is 0 Å². The zero-order valence-corrected chi connectivity index (χ0v) is 13.0. The molecule has 0 aromatic heterocycles. The Labute approximate surface area is 123 Å². The van der Waals surface area contributed by atoms with E-state index in [1.807, 2.05) is 0 Å². The molecule has 2 atom stereocenters. The summed E-state index contributed by atoms with van der Waals surface area (Å²) in [5, 5.41) is 3.64. The standard InChI is InChI=1S/C18H29NO/c1-3-15-11-9-10-13-17(15)20-18-14-8-6-5-7-12-16(18)19-4-2/h9-11,13,16,18-19H,3-8,12,14H2,1-2H3. The molecule has 0 amide bonds. The molecule has 20 heavy (non-hydrogen) atoms. The van der Waals surface area contributed by atoms with Crippen LogP contribution in [0.1, 0.15) is 57.9 Å². The molecule has 2 nitrogen and oxygen atoms in total. The number of hydrogen-bond donors (Lipinski definition) is 1. The second-order valence-electron chi connectivity index (χ2n) is 5.77. The highest BCUT2D eigenvalue weighted by Crippen LogP contribution is 2.25. The van der Waals surface area contributed by atoms with Crippen LogP contribution in [0, 0.1) is 0 Å². The third kappa shape index (κ3) is 4.24. The lowest BCUT2D eigenvalue weighted by atomic mass is 9.94. The Morgan fingerprint density at radius 3 is 2.55 bits per heavy atom. The van der Waals surface area contributed by atoms with E-state index in [0.717, 1.165) is 18.7 Å². The average Bonchev–Trinajstić information content (AvgIpc) is 2.46. The minimum atomic E-state index is 0.322. The lowest BCUT2D eigenvalue weighted by Gasteiger charge is -2.31. The first-order valence-electron chi connectivity index (χ1n) is 8.33. The maximum Gasteiger partial charge on any atom is 0.122 e. The maximum atomic E-state index is 6.42. The molecule has 112 valence electrons. The molecule has 2 rings (SSSR count).